The number of aryl methyl sites for hydroxylation is 1. The molecule has 32 heavy (non-hydrogen) atoms. The summed E-state index contributed by atoms with van der Waals surface area (Å²) in [6.45, 7) is 4.39. The minimum absolute atomic E-state index is 0.198. The van der Waals surface area contributed by atoms with Gasteiger partial charge in [-0.1, -0.05) is 0 Å². The van der Waals surface area contributed by atoms with E-state index >= 15 is 0 Å². The first kappa shape index (κ1) is 25.0. The number of hydrogen-bond acceptors (Lipinski definition) is 7. The lowest BCUT2D eigenvalue weighted by molar-refractivity contribution is 0.0950. The predicted molar refractivity (Wildman–Crippen MR) is 125 cm³/mol. The third kappa shape index (κ3) is 8.86. The monoisotopic (exact) mass is 443 g/mol. The number of amides is 3. The van der Waals surface area contributed by atoms with Crippen molar-refractivity contribution in [1.29, 1.82) is 0 Å². The van der Waals surface area contributed by atoms with Gasteiger partial charge in [-0.2, -0.15) is 0 Å². The maximum atomic E-state index is 12.5. The molecule has 0 aliphatic carbocycles. The van der Waals surface area contributed by atoms with Crippen LogP contribution in [0.5, 0.6) is 5.75 Å². The number of carbonyl (C=O) groups is 2. The first-order chi connectivity index (χ1) is 15.2. The van der Waals surface area contributed by atoms with Crippen molar-refractivity contribution in [2.45, 2.75) is 13.3 Å². The van der Waals surface area contributed by atoms with Crippen LogP contribution in [0.1, 0.15) is 22.5 Å². The van der Waals surface area contributed by atoms with Crippen LogP contribution in [0.15, 0.2) is 30.6 Å². The molecule has 3 amide bonds. The van der Waals surface area contributed by atoms with Crippen molar-refractivity contribution in [3.05, 3.63) is 41.9 Å². The number of likely N-dealkylation sites (N-methyl/N-ethyl adjacent to an activating group) is 1. The van der Waals surface area contributed by atoms with Crippen molar-refractivity contribution in [3.8, 4) is 5.75 Å². The van der Waals surface area contributed by atoms with Gasteiger partial charge in [0.2, 0.25) is 0 Å². The molecule has 10 heteroatoms. The van der Waals surface area contributed by atoms with E-state index in [1.165, 1.54) is 6.20 Å². The number of anilines is 2. The molecule has 0 unspecified atom stereocenters. The average Bonchev–Trinajstić information content (AvgIpc) is 2.73. The molecule has 0 bridgehead atoms. The highest BCUT2D eigenvalue weighted by Gasteiger charge is 2.14. The standard InChI is InChI=1S/C22H33N7O3/c1-16-14-25-20(15-24-16)27-22(31)26-18-8-7-17(21(30)23-9-11-29(4)5)13-19(18)32-12-6-10-28(2)3/h7-8,13-15H,6,9-12H2,1-5H3,(H,23,30)(H2,25,26,27,31). The highest BCUT2D eigenvalue weighted by molar-refractivity contribution is 6.01. The van der Waals surface area contributed by atoms with Gasteiger partial charge in [0.15, 0.2) is 5.82 Å². The molecule has 0 saturated carbocycles. The first-order valence-corrected chi connectivity index (χ1v) is 10.5. The summed E-state index contributed by atoms with van der Waals surface area (Å²) in [7, 11) is 7.87. The summed E-state index contributed by atoms with van der Waals surface area (Å²) in [4.78, 5) is 37.2. The van der Waals surface area contributed by atoms with Crippen LogP contribution in [-0.4, -0.2) is 86.1 Å². The van der Waals surface area contributed by atoms with Crippen molar-refractivity contribution in [1.82, 2.24) is 25.1 Å². The quantitative estimate of drug-likeness (QED) is 0.456. The summed E-state index contributed by atoms with van der Waals surface area (Å²) < 4.78 is 5.90. The molecule has 3 N–H and O–H groups in total. The maximum Gasteiger partial charge on any atom is 0.324 e. The molecule has 0 saturated heterocycles. The summed E-state index contributed by atoms with van der Waals surface area (Å²) in [6, 6.07) is 4.47. The van der Waals surface area contributed by atoms with Gasteiger partial charge < -0.3 is 25.2 Å². The summed E-state index contributed by atoms with van der Waals surface area (Å²) in [5.74, 6) is 0.559. The van der Waals surface area contributed by atoms with Crippen LogP contribution in [0, 0.1) is 6.92 Å². The number of carbonyl (C=O) groups excluding carboxylic acids is 2. The summed E-state index contributed by atoms with van der Waals surface area (Å²) in [5, 5.41) is 8.27. The highest BCUT2D eigenvalue weighted by atomic mass is 16.5. The molecule has 0 radical (unpaired) electrons. The summed E-state index contributed by atoms with van der Waals surface area (Å²) >= 11 is 0. The van der Waals surface area contributed by atoms with Gasteiger partial charge in [-0.15, -0.1) is 0 Å². The SMILES string of the molecule is Cc1cnc(NC(=O)Nc2ccc(C(=O)NCCN(C)C)cc2OCCCN(C)C)cn1. The lowest BCUT2D eigenvalue weighted by atomic mass is 10.1. The topological polar surface area (TPSA) is 112 Å². The molecular formula is C22H33N7O3. The molecular weight excluding hydrogens is 410 g/mol. The third-order valence-electron chi connectivity index (χ3n) is 4.37. The van der Waals surface area contributed by atoms with Crippen molar-refractivity contribution in [3.63, 3.8) is 0 Å². The smallest absolute Gasteiger partial charge is 0.324 e. The van der Waals surface area contributed by atoms with Crippen LogP contribution in [0.25, 0.3) is 0 Å². The van der Waals surface area contributed by atoms with Crippen LogP contribution in [0.4, 0.5) is 16.3 Å². The average molecular weight is 444 g/mol. The zero-order chi connectivity index (χ0) is 23.5. The molecule has 2 rings (SSSR count). The number of benzene rings is 1. The number of rotatable bonds is 11. The number of nitrogens with zero attached hydrogens (tertiary/aromatic N) is 4. The molecule has 0 atom stereocenters. The van der Waals surface area contributed by atoms with Gasteiger partial charge in [0.25, 0.3) is 5.91 Å². The largest absolute Gasteiger partial charge is 0.491 e. The fraction of sp³-hybridized carbons (Fsp3) is 0.455. The van der Waals surface area contributed by atoms with E-state index in [0.29, 0.717) is 36.0 Å². The van der Waals surface area contributed by atoms with E-state index in [2.05, 4.69) is 30.8 Å². The predicted octanol–water partition coefficient (Wildman–Crippen LogP) is 2.05. The Morgan fingerprint density at radius 1 is 1.00 bits per heavy atom. The molecule has 0 fully saturated rings. The van der Waals surface area contributed by atoms with E-state index < -0.39 is 6.03 Å². The minimum Gasteiger partial charge on any atom is -0.491 e. The number of hydrogen-bond donors (Lipinski definition) is 3. The molecule has 1 heterocycles. The number of nitrogens with one attached hydrogen (secondary N) is 3. The van der Waals surface area contributed by atoms with E-state index in [0.717, 1.165) is 25.2 Å². The van der Waals surface area contributed by atoms with Gasteiger partial charge in [0.05, 0.1) is 30.4 Å². The van der Waals surface area contributed by atoms with Crippen LogP contribution in [0.3, 0.4) is 0 Å². The van der Waals surface area contributed by atoms with Crippen molar-refractivity contribution >= 4 is 23.4 Å². The Bertz CT molecular complexity index is 886. The number of urea groups is 1. The highest BCUT2D eigenvalue weighted by Crippen LogP contribution is 2.26. The van der Waals surface area contributed by atoms with E-state index in [9.17, 15) is 9.59 Å². The summed E-state index contributed by atoms with van der Waals surface area (Å²) in [5.41, 5.74) is 1.67. The fourth-order valence-corrected chi connectivity index (χ4v) is 2.67. The van der Waals surface area contributed by atoms with Gasteiger partial charge in [0.1, 0.15) is 5.75 Å². The van der Waals surface area contributed by atoms with Crippen LogP contribution in [0.2, 0.25) is 0 Å². The molecule has 1 aromatic heterocycles. The van der Waals surface area contributed by atoms with Gasteiger partial charge in [0, 0.05) is 25.2 Å². The zero-order valence-corrected chi connectivity index (χ0v) is 19.4. The van der Waals surface area contributed by atoms with Gasteiger partial charge in [-0.25, -0.2) is 9.78 Å². The second-order valence-corrected chi connectivity index (χ2v) is 7.90. The molecule has 0 spiro atoms. The Labute approximate surface area is 189 Å². The molecule has 10 nitrogen and oxygen atoms in total. The zero-order valence-electron chi connectivity index (χ0n) is 19.4. The van der Waals surface area contributed by atoms with Crippen molar-refractivity contribution in [2.24, 2.45) is 0 Å². The fourth-order valence-electron chi connectivity index (χ4n) is 2.67. The second kappa shape index (κ2) is 12.6. The normalized spacial score (nSPS) is 10.8. The van der Waals surface area contributed by atoms with Gasteiger partial charge in [-0.05, 0) is 59.7 Å². The van der Waals surface area contributed by atoms with Crippen molar-refractivity contribution < 1.29 is 14.3 Å². The van der Waals surface area contributed by atoms with E-state index in [-0.39, 0.29) is 5.91 Å². The lowest BCUT2D eigenvalue weighted by Crippen LogP contribution is -2.31. The van der Waals surface area contributed by atoms with Gasteiger partial charge >= 0.3 is 6.03 Å². The Morgan fingerprint density at radius 2 is 1.75 bits per heavy atom. The molecule has 174 valence electrons. The molecule has 2 aromatic rings. The second-order valence-electron chi connectivity index (χ2n) is 7.90. The lowest BCUT2D eigenvalue weighted by Gasteiger charge is -2.16. The Balaban J connectivity index is 2.09. The van der Waals surface area contributed by atoms with E-state index in [1.807, 2.05) is 40.0 Å². The Hall–Kier alpha value is -3.24. The third-order valence-corrected chi connectivity index (χ3v) is 4.37. The van der Waals surface area contributed by atoms with Crippen LogP contribution in [-0.2, 0) is 0 Å². The molecule has 0 aliphatic heterocycles. The van der Waals surface area contributed by atoms with Gasteiger partial charge in [-0.3, -0.25) is 15.1 Å². The minimum atomic E-state index is -0.482. The summed E-state index contributed by atoms with van der Waals surface area (Å²) in [6.07, 6.45) is 3.85. The molecule has 1 aromatic carbocycles. The maximum absolute atomic E-state index is 12.5. The number of aromatic nitrogens is 2. The van der Waals surface area contributed by atoms with Crippen molar-refractivity contribution in [2.75, 3.05) is 65.1 Å². The Morgan fingerprint density at radius 3 is 2.41 bits per heavy atom. The van der Waals surface area contributed by atoms with E-state index in [4.69, 9.17) is 4.74 Å². The Kier molecular flexibility index (Phi) is 9.83. The molecule has 0 aliphatic rings. The first-order valence-electron chi connectivity index (χ1n) is 10.5. The van der Waals surface area contributed by atoms with Crippen LogP contribution >= 0.6 is 0 Å². The van der Waals surface area contributed by atoms with Crippen LogP contribution < -0.4 is 20.7 Å². The van der Waals surface area contributed by atoms with E-state index in [1.54, 1.807) is 24.4 Å². The number of ether oxygens (including phenoxy) is 1.